The maximum Gasteiger partial charge on any atom is 0.345 e. The fraction of sp³-hybridized carbons (Fsp3) is 0.556. The van der Waals surface area contributed by atoms with Crippen molar-refractivity contribution in [2.75, 3.05) is 6.54 Å². The van der Waals surface area contributed by atoms with Crippen molar-refractivity contribution < 1.29 is 19.8 Å². The lowest BCUT2D eigenvalue weighted by Gasteiger charge is -2.27. The Morgan fingerprint density at radius 1 is 1.09 bits per heavy atom. The number of carboxylic acid groups (broad SMARTS) is 1. The van der Waals surface area contributed by atoms with Gasteiger partial charge in [-0.3, -0.25) is 4.79 Å². The van der Waals surface area contributed by atoms with Gasteiger partial charge in [-0.1, -0.05) is 43.7 Å². The van der Waals surface area contributed by atoms with Gasteiger partial charge in [-0.15, -0.1) is 11.3 Å². The first-order valence-corrected chi connectivity index (χ1v) is 13.1. The highest BCUT2D eigenvalue weighted by Gasteiger charge is 2.31. The van der Waals surface area contributed by atoms with Crippen molar-refractivity contribution in [3.8, 4) is 0 Å². The topological polar surface area (TPSA) is 77.8 Å². The van der Waals surface area contributed by atoms with E-state index < -0.39 is 5.97 Å². The number of rotatable bonds is 14. The van der Waals surface area contributed by atoms with Crippen molar-refractivity contribution in [2.24, 2.45) is 5.92 Å². The van der Waals surface area contributed by atoms with Gasteiger partial charge in [-0.2, -0.15) is 0 Å². The first-order valence-electron chi connectivity index (χ1n) is 12.3. The van der Waals surface area contributed by atoms with Gasteiger partial charge in [0.25, 0.3) is 0 Å². The van der Waals surface area contributed by atoms with Crippen molar-refractivity contribution in [3.05, 3.63) is 57.8 Å². The van der Waals surface area contributed by atoms with Crippen LogP contribution >= 0.6 is 11.3 Å². The summed E-state index contributed by atoms with van der Waals surface area (Å²) >= 11 is 1.31. The summed E-state index contributed by atoms with van der Waals surface area (Å²) in [6.45, 7) is 2.84. The molecule has 0 bridgehead atoms. The van der Waals surface area contributed by atoms with E-state index in [1.165, 1.54) is 16.9 Å². The zero-order valence-electron chi connectivity index (χ0n) is 19.6. The molecule has 33 heavy (non-hydrogen) atoms. The van der Waals surface area contributed by atoms with Gasteiger partial charge >= 0.3 is 5.97 Å². The molecule has 0 aliphatic carbocycles. The predicted molar refractivity (Wildman–Crippen MR) is 133 cm³/mol. The second kappa shape index (κ2) is 12.9. The summed E-state index contributed by atoms with van der Waals surface area (Å²) in [5.74, 6) is -0.403. The van der Waals surface area contributed by atoms with Gasteiger partial charge in [0.15, 0.2) is 0 Å². The molecule has 0 spiro atoms. The second-order valence-corrected chi connectivity index (χ2v) is 10.5. The molecular formula is C27H37NO4S. The standard InChI is InChI=1S/C27H37NO4S/c1-20(8-5-6-11-21-9-3-2-4-10-21)24(29)16-13-22-14-18-26(30)28(22)19-7-12-23-15-17-25(33-23)27(31)32/h2-4,9-10,15,17,20,22,24,29H,5-8,11-14,16,18-19H2,1H3,(H,31,32)/t20-,22?,24-/m1/s1. The highest BCUT2D eigenvalue weighted by Crippen LogP contribution is 2.26. The van der Waals surface area contributed by atoms with Crippen LogP contribution in [0.15, 0.2) is 42.5 Å². The van der Waals surface area contributed by atoms with E-state index in [9.17, 15) is 14.7 Å². The van der Waals surface area contributed by atoms with Gasteiger partial charge in [0, 0.05) is 23.9 Å². The van der Waals surface area contributed by atoms with E-state index in [0.717, 1.165) is 62.7 Å². The van der Waals surface area contributed by atoms with Crippen molar-refractivity contribution in [1.82, 2.24) is 4.90 Å². The van der Waals surface area contributed by atoms with Crippen molar-refractivity contribution >= 4 is 23.2 Å². The number of likely N-dealkylation sites (tertiary alicyclic amines) is 1. The molecule has 6 heteroatoms. The first kappa shape index (κ1) is 25.4. The molecule has 1 aromatic carbocycles. The maximum atomic E-state index is 12.4. The third-order valence-corrected chi connectivity index (χ3v) is 7.95. The van der Waals surface area contributed by atoms with Crippen LogP contribution in [0.25, 0.3) is 0 Å². The average molecular weight is 472 g/mol. The number of amides is 1. The molecule has 1 unspecified atom stereocenters. The van der Waals surface area contributed by atoms with Gasteiger partial charge in [0.2, 0.25) is 5.91 Å². The summed E-state index contributed by atoms with van der Waals surface area (Å²) in [5, 5.41) is 19.7. The molecule has 1 aliphatic heterocycles. The molecular weight excluding hydrogens is 434 g/mol. The normalized spacial score (nSPS) is 17.9. The minimum Gasteiger partial charge on any atom is -0.477 e. The second-order valence-electron chi connectivity index (χ2n) is 9.31. The molecule has 5 nitrogen and oxygen atoms in total. The van der Waals surface area contributed by atoms with E-state index in [4.69, 9.17) is 5.11 Å². The predicted octanol–water partition coefficient (Wildman–Crippen LogP) is 5.56. The zero-order valence-corrected chi connectivity index (χ0v) is 20.4. The van der Waals surface area contributed by atoms with Crippen LogP contribution in [0.3, 0.4) is 0 Å². The number of hydrogen-bond acceptors (Lipinski definition) is 4. The van der Waals surface area contributed by atoms with Crippen LogP contribution in [0.5, 0.6) is 0 Å². The SMILES string of the molecule is C[C@H](CCCCc1ccccc1)[C@H](O)CCC1CCC(=O)N1CCCc1ccc(C(=O)O)s1. The van der Waals surface area contributed by atoms with Gasteiger partial charge in [-0.05, 0) is 75.0 Å². The quantitative estimate of drug-likeness (QED) is 0.354. The van der Waals surface area contributed by atoms with E-state index >= 15 is 0 Å². The third-order valence-electron chi connectivity index (χ3n) is 6.82. The van der Waals surface area contributed by atoms with Crippen LogP contribution in [0.1, 0.15) is 78.4 Å². The summed E-state index contributed by atoms with van der Waals surface area (Å²) in [6, 6.07) is 14.3. The summed E-state index contributed by atoms with van der Waals surface area (Å²) in [5.41, 5.74) is 1.37. The van der Waals surface area contributed by atoms with Gasteiger partial charge < -0.3 is 15.1 Å². The van der Waals surface area contributed by atoms with Crippen LogP contribution in [0.4, 0.5) is 0 Å². The van der Waals surface area contributed by atoms with Crippen LogP contribution in [-0.2, 0) is 17.6 Å². The largest absolute Gasteiger partial charge is 0.477 e. The maximum absolute atomic E-state index is 12.4. The Morgan fingerprint density at radius 2 is 1.88 bits per heavy atom. The number of carbonyl (C=O) groups excluding carboxylic acids is 1. The summed E-state index contributed by atoms with van der Waals surface area (Å²) in [6.07, 6.45) is 8.74. The Bertz CT molecular complexity index is 881. The van der Waals surface area contributed by atoms with Gasteiger partial charge in [0.1, 0.15) is 4.88 Å². The number of thiophene rings is 1. The molecule has 1 amide bonds. The number of aliphatic hydroxyl groups excluding tert-OH is 1. The van der Waals surface area contributed by atoms with E-state index in [0.29, 0.717) is 17.8 Å². The average Bonchev–Trinajstić information content (AvgIpc) is 3.43. The fourth-order valence-electron chi connectivity index (χ4n) is 4.73. The van der Waals surface area contributed by atoms with E-state index in [2.05, 4.69) is 31.2 Å². The number of aliphatic hydroxyl groups is 1. The lowest BCUT2D eigenvalue weighted by atomic mass is 9.92. The van der Waals surface area contributed by atoms with Crippen LogP contribution < -0.4 is 0 Å². The Labute approximate surface area is 201 Å². The van der Waals surface area contributed by atoms with Crippen molar-refractivity contribution in [3.63, 3.8) is 0 Å². The molecule has 2 N–H and O–H groups in total. The van der Waals surface area contributed by atoms with Crippen LogP contribution in [0, 0.1) is 5.92 Å². The summed E-state index contributed by atoms with van der Waals surface area (Å²) < 4.78 is 0. The Kier molecular flexibility index (Phi) is 9.95. The molecule has 2 aromatic rings. The molecule has 0 saturated carbocycles. The van der Waals surface area contributed by atoms with Gasteiger partial charge in [-0.25, -0.2) is 4.79 Å². The number of aromatic carboxylic acids is 1. The first-order chi connectivity index (χ1) is 15.9. The van der Waals surface area contributed by atoms with Crippen molar-refractivity contribution in [1.29, 1.82) is 0 Å². The van der Waals surface area contributed by atoms with Crippen LogP contribution in [0.2, 0.25) is 0 Å². The molecule has 3 rings (SSSR count). The highest BCUT2D eigenvalue weighted by molar-refractivity contribution is 7.13. The molecule has 1 fully saturated rings. The monoisotopic (exact) mass is 471 g/mol. The highest BCUT2D eigenvalue weighted by atomic mass is 32.1. The Hall–Kier alpha value is -2.18. The molecule has 1 aliphatic rings. The molecule has 180 valence electrons. The van der Waals surface area contributed by atoms with Crippen LogP contribution in [-0.4, -0.2) is 45.7 Å². The number of nitrogens with zero attached hydrogens (tertiary/aromatic N) is 1. The summed E-state index contributed by atoms with van der Waals surface area (Å²) in [4.78, 5) is 26.8. The molecule has 1 saturated heterocycles. The number of aryl methyl sites for hydroxylation is 2. The number of hydrogen-bond donors (Lipinski definition) is 2. The van der Waals surface area contributed by atoms with E-state index in [-0.39, 0.29) is 24.0 Å². The Balaban J connectivity index is 1.34. The number of carbonyl (C=O) groups is 2. The number of benzene rings is 1. The molecule has 3 atom stereocenters. The fourth-order valence-corrected chi connectivity index (χ4v) is 5.62. The van der Waals surface area contributed by atoms with Gasteiger partial charge in [0.05, 0.1) is 6.10 Å². The smallest absolute Gasteiger partial charge is 0.345 e. The molecule has 2 heterocycles. The van der Waals surface area contributed by atoms with Crippen molar-refractivity contribution in [2.45, 2.75) is 83.3 Å². The lowest BCUT2D eigenvalue weighted by Crippen LogP contribution is -2.35. The zero-order chi connectivity index (χ0) is 23.6. The molecule has 1 aromatic heterocycles. The third kappa shape index (κ3) is 7.97. The minimum atomic E-state index is -0.884. The number of unbranched alkanes of at least 4 members (excludes halogenated alkanes) is 1. The van der Waals surface area contributed by atoms with E-state index in [1.54, 1.807) is 6.07 Å². The Morgan fingerprint density at radius 3 is 2.61 bits per heavy atom. The minimum absolute atomic E-state index is 0.209. The van der Waals surface area contributed by atoms with E-state index in [1.807, 2.05) is 17.0 Å². The number of carboxylic acids is 1. The lowest BCUT2D eigenvalue weighted by molar-refractivity contribution is -0.129. The summed E-state index contributed by atoms with van der Waals surface area (Å²) in [7, 11) is 0. The molecule has 0 radical (unpaired) electrons.